The maximum atomic E-state index is 12.8. The number of anilines is 1. The van der Waals surface area contributed by atoms with Crippen molar-refractivity contribution in [3.8, 4) is 0 Å². The molecule has 1 saturated heterocycles. The highest BCUT2D eigenvalue weighted by molar-refractivity contribution is 7.19. The average Bonchev–Trinajstić information content (AvgIpc) is 3.18. The van der Waals surface area contributed by atoms with E-state index in [9.17, 15) is 13.2 Å². The lowest BCUT2D eigenvalue weighted by Crippen LogP contribution is -2.30. The van der Waals surface area contributed by atoms with Gasteiger partial charge in [0.15, 0.2) is 0 Å². The molecule has 0 spiro atoms. The molecule has 0 bridgehead atoms. The number of halogens is 3. The van der Waals surface area contributed by atoms with Crippen LogP contribution in [-0.2, 0) is 32.0 Å². The molecule has 0 radical (unpaired) electrons. The van der Waals surface area contributed by atoms with Crippen LogP contribution >= 0.6 is 11.3 Å². The molecule has 1 aliphatic carbocycles. The Labute approximate surface area is 196 Å². The molecule has 8 heteroatoms. The summed E-state index contributed by atoms with van der Waals surface area (Å²) in [6.45, 7) is 3.58. The van der Waals surface area contributed by atoms with Crippen molar-refractivity contribution in [3.63, 3.8) is 0 Å². The number of aromatic nitrogens is 2. The van der Waals surface area contributed by atoms with Crippen molar-refractivity contribution in [2.45, 2.75) is 64.1 Å². The molecule has 1 aromatic carbocycles. The van der Waals surface area contributed by atoms with Crippen LogP contribution in [-0.4, -0.2) is 34.5 Å². The van der Waals surface area contributed by atoms with E-state index in [0.29, 0.717) is 13.0 Å². The molecule has 0 unspecified atom stereocenters. The minimum atomic E-state index is -4.30. The highest BCUT2D eigenvalue weighted by atomic mass is 32.1. The van der Waals surface area contributed by atoms with Crippen molar-refractivity contribution < 1.29 is 13.2 Å². The van der Waals surface area contributed by atoms with Gasteiger partial charge in [0.05, 0.1) is 17.5 Å². The van der Waals surface area contributed by atoms with E-state index in [4.69, 9.17) is 9.97 Å². The number of hydrogen-bond donors (Lipinski definition) is 1. The predicted octanol–water partition coefficient (Wildman–Crippen LogP) is 6.23. The number of rotatable bonds is 6. The SMILES string of the molecule is FC(F)(F)c1ccc(CCNc2nc(CN3CCCCC3)nc3sc4c(c23)CCCC4)cc1. The Morgan fingerprint density at radius 2 is 1.70 bits per heavy atom. The minimum absolute atomic E-state index is 0.607. The zero-order chi connectivity index (χ0) is 22.8. The molecule has 4 nitrogen and oxygen atoms in total. The molecular weight excluding hydrogens is 445 g/mol. The first-order chi connectivity index (χ1) is 16.0. The summed E-state index contributed by atoms with van der Waals surface area (Å²) in [5, 5.41) is 4.67. The fourth-order valence-corrected chi connectivity index (χ4v) is 6.18. The molecule has 2 aliphatic rings. The van der Waals surface area contributed by atoms with Crippen molar-refractivity contribution in [3.05, 3.63) is 51.7 Å². The van der Waals surface area contributed by atoms with Crippen molar-refractivity contribution in [1.82, 2.24) is 14.9 Å². The van der Waals surface area contributed by atoms with Gasteiger partial charge in [0.25, 0.3) is 0 Å². The minimum Gasteiger partial charge on any atom is -0.369 e. The van der Waals surface area contributed by atoms with Gasteiger partial charge in [-0.25, -0.2) is 9.97 Å². The molecule has 1 N–H and O–H groups in total. The molecule has 3 aromatic rings. The van der Waals surface area contributed by atoms with Crippen LogP contribution in [0.3, 0.4) is 0 Å². The summed E-state index contributed by atoms with van der Waals surface area (Å²) in [5.74, 6) is 1.75. The number of fused-ring (bicyclic) bond motifs is 3. The lowest BCUT2D eigenvalue weighted by atomic mass is 9.97. The van der Waals surface area contributed by atoms with Crippen LogP contribution in [0.25, 0.3) is 10.2 Å². The van der Waals surface area contributed by atoms with Gasteiger partial charge >= 0.3 is 6.18 Å². The van der Waals surface area contributed by atoms with E-state index in [1.54, 1.807) is 12.1 Å². The van der Waals surface area contributed by atoms with Crippen molar-refractivity contribution >= 4 is 27.4 Å². The second-order valence-corrected chi connectivity index (χ2v) is 10.2. The van der Waals surface area contributed by atoms with Gasteiger partial charge in [-0.05, 0) is 81.3 Å². The lowest BCUT2D eigenvalue weighted by Gasteiger charge is -2.25. The Bertz CT molecular complexity index is 1100. The summed E-state index contributed by atoms with van der Waals surface area (Å²) in [7, 11) is 0. The second-order valence-electron chi connectivity index (χ2n) is 9.09. The van der Waals surface area contributed by atoms with Crippen LogP contribution in [0, 0.1) is 0 Å². The van der Waals surface area contributed by atoms with E-state index in [1.165, 1.54) is 42.5 Å². The third-order valence-corrected chi connectivity index (χ3v) is 7.85. The van der Waals surface area contributed by atoms with E-state index >= 15 is 0 Å². The number of piperidine rings is 1. The molecular formula is C25H29F3N4S. The Morgan fingerprint density at radius 3 is 2.45 bits per heavy atom. The van der Waals surface area contributed by atoms with Gasteiger partial charge in [-0.1, -0.05) is 18.6 Å². The first kappa shape index (κ1) is 22.6. The Kier molecular flexibility index (Phi) is 6.56. The second kappa shape index (κ2) is 9.58. The van der Waals surface area contributed by atoms with Gasteiger partial charge in [-0.2, -0.15) is 13.2 Å². The van der Waals surface area contributed by atoms with Gasteiger partial charge < -0.3 is 5.32 Å². The number of likely N-dealkylation sites (tertiary alicyclic amines) is 1. The fourth-order valence-electron chi connectivity index (χ4n) is 4.90. The molecule has 0 saturated carbocycles. The summed E-state index contributed by atoms with van der Waals surface area (Å²) < 4.78 is 38.5. The monoisotopic (exact) mass is 474 g/mol. The number of thiophene rings is 1. The average molecular weight is 475 g/mol. The quantitative estimate of drug-likeness (QED) is 0.460. The van der Waals surface area contributed by atoms with Crippen LogP contribution in [0.5, 0.6) is 0 Å². The Balaban J connectivity index is 1.36. The van der Waals surface area contributed by atoms with E-state index in [2.05, 4.69) is 10.2 Å². The Morgan fingerprint density at radius 1 is 0.939 bits per heavy atom. The molecule has 33 heavy (non-hydrogen) atoms. The topological polar surface area (TPSA) is 41.1 Å². The number of hydrogen-bond acceptors (Lipinski definition) is 5. The van der Waals surface area contributed by atoms with E-state index in [-0.39, 0.29) is 0 Å². The zero-order valence-electron chi connectivity index (χ0n) is 18.7. The molecule has 5 rings (SSSR count). The highest BCUT2D eigenvalue weighted by Gasteiger charge is 2.30. The molecule has 2 aromatic heterocycles. The normalized spacial score (nSPS) is 17.3. The maximum Gasteiger partial charge on any atom is 0.416 e. The Hall–Kier alpha value is -2.19. The van der Waals surface area contributed by atoms with E-state index < -0.39 is 11.7 Å². The van der Waals surface area contributed by atoms with Gasteiger partial charge in [-0.15, -0.1) is 11.3 Å². The smallest absolute Gasteiger partial charge is 0.369 e. The summed E-state index contributed by atoms with van der Waals surface area (Å²) in [4.78, 5) is 14.8. The third-order valence-electron chi connectivity index (χ3n) is 6.66. The van der Waals surface area contributed by atoms with Crippen LogP contribution in [0.15, 0.2) is 24.3 Å². The summed E-state index contributed by atoms with van der Waals surface area (Å²) in [6, 6.07) is 5.44. The van der Waals surface area contributed by atoms with Crippen LogP contribution in [0.4, 0.5) is 19.0 Å². The van der Waals surface area contributed by atoms with Gasteiger partial charge in [0.2, 0.25) is 0 Å². The van der Waals surface area contributed by atoms with E-state index in [0.717, 1.165) is 72.0 Å². The summed E-state index contributed by atoms with van der Waals surface area (Å²) in [5.41, 5.74) is 1.66. The standard InChI is InChI=1S/C25H29F3N4S/c26-25(27,28)18-10-8-17(9-11-18)12-13-29-23-22-19-6-2-3-7-20(19)33-24(22)31-21(30-23)16-32-14-4-1-5-15-32/h8-11H,1-7,12-16H2,(H,29,30,31). The summed E-state index contributed by atoms with van der Waals surface area (Å²) >= 11 is 1.81. The van der Waals surface area contributed by atoms with Crippen LogP contribution in [0.2, 0.25) is 0 Å². The highest BCUT2D eigenvalue weighted by Crippen LogP contribution is 2.39. The van der Waals surface area contributed by atoms with Gasteiger partial charge in [0, 0.05) is 11.4 Å². The van der Waals surface area contributed by atoms with Crippen LogP contribution in [0.1, 0.15) is 59.5 Å². The first-order valence-electron chi connectivity index (χ1n) is 11.9. The molecule has 0 amide bonds. The van der Waals surface area contributed by atoms with Gasteiger partial charge in [0.1, 0.15) is 16.5 Å². The molecule has 1 aliphatic heterocycles. The summed E-state index contributed by atoms with van der Waals surface area (Å²) in [6.07, 6.45) is 4.69. The van der Waals surface area contributed by atoms with Gasteiger partial charge in [-0.3, -0.25) is 4.90 Å². The first-order valence-corrected chi connectivity index (χ1v) is 12.7. The maximum absolute atomic E-state index is 12.8. The molecule has 176 valence electrons. The third kappa shape index (κ3) is 5.17. The predicted molar refractivity (Wildman–Crippen MR) is 127 cm³/mol. The number of nitrogens with one attached hydrogen (secondary N) is 1. The number of nitrogens with zero attached hydrogens (tertiary/aromatic N) is 3. The molecule has 0 atom stereocenters. The zero-order valence-corrected chi connectivity index (χ0v) is 19.5. The van der Waals surface area contributed by atoms with Crippen LogP contribution < -0.4 is 5.32 Å². The molecule has 1 fully saturated rings. The van der Waals surface area contributed by atoms with E-state index in [1.807, 2.05) is 11.3 Å². The number of alkyl halides is 3. The largest absolute Gasteiger partial charge is 0.416 e. The number of benzene rings is 1. The fraction of sp³-hybridized carbons (Fsp3) is 0.520. The van der Waals surface area contributed by atoms with Crippen molar-refractivity contribution in [2.75, 3.05) is 25.0 Å². The molecule has 3 heterocycles. The lowest BCUT2D eigenvalue weighted by molar-refractivity contribution is -0.137. The van der Waals surface area contributed by atoms with Crippen molar-refractivity contribution in [1.29, 1.82) is 0 Å². The number of aryl methyl sites for hydroxylation is 2. The van der Waals surface area contributed by atoms with Crippen molar-refractivity contribution in [2.24, 2.45) is 0 Å².